The van der Waals surface area contributed by atoms with E-state index in [1.54, 1.807) is 19.5 Å². The summed E-state index contributed by atoms with van der Waals surface area (Å²) in [6.45, 7) is 3.18. The Bertz CT molecular complexity index is 1380. The minimum absolute atomic E-state index is 0.143. The fraction of sp³-hybridized carbons (Fsp3) is 0.387. The van der Waals surface area contributed by atoms with Crippen LogP contribution >= 0.6 is 0 Å². The maximum absolute atomic E-state index is 13.3. The third kappa shape index (κ3) is 6.46. The molecule has 4 aromatic rings. The highest BCUT2D eigenvalue weighted by Crippen LogP contribution is 2.32. The molecule has 3 heterocycles. The molecular formula is C31H38N6O2. The summed E-state index contributed by atoms with van der Waals surface area (Å²) in [7, 11) is 1.75. The highest BCUT2D eigenvalue weighted by Gasteiger charge is 2.28. The molecule has 1 aliphatic heterocycles. The molecule has 1 aliphatic rings. The fourth-order valence-corrected chi connectivity index (χ4v) is 5.68. The summed E-state index contributed by atoms with van der Waals surface area (Å²) in [6, 6.07) is 18.8. The van der Waals surface area contributed by atoms with Crippen LogP contribution in [-0.4, -0.2) is 58.2 Å². The Balaban J connectivity index is 1.21. The molecule has 1 unspecified atom stereocenters. The van der Waals surface area contributed by atoms with E-state index in [9.17, 15) is 4.79 Å². The number of piperidine rings is 1. The lowest BCUT2D eigenvalue weighted by Gasteiger charge is -2.34. The van der Waals surface area contributed by atoms with Crippen LogP contribution in [0.1, 0.15) is 42.9 Å². The maximum atomic E-state index is 13.3. The summed E-state index contributed by atoms with van der Waals surface area (Å²) < 4.78 is 7.74. The molecule has 1 fully saturated rings. The molecule has 8 nitrogen and oxygen atoms in total. The predicted octanol–water partition coefficient (Wildman–Crippen LogP) is 4.38. The smallest absolute Gasteiger partial charge is 0.224 e. The van der Waals surface area contributed by atoms with E-state index in [0.717, 1.165) is 62.2 Å². The maximum Gasteiger partial charge on any atom is 0.224 e. The van der Waals surface area contributed by atoms with Gasteiger partial charge in [-0.15, -0.1) is 0 Å². The molecule has 8 heteroatoms. The number of carbonyl (C=O) groups is 1. The number of aromatic nitrogens is 3. The van der Waals surface area contributed by atoms with Crippen molar-refractivity contribution in [2.75, 3.05) is 32.5 Å². The number of likely N-dealkylation sites (tertiary alicyclic amines) is 1. The molecule has 5 rings (SSSR count). The minimum atomic E-state index is -0.232. The number of benzene rings is 2. The number of nitrogens with zero attached hydrogens (tertiary/aromatic N) is 4. The van der Waals surface area contributed by atoms with Crippen molar-refractivity contribution in [2.45, 2.75) is 50.6 Å². The zero-order chi connectivity index (χ0) is 27.2. The van der Waals surface area contributed by atoms with Crippen molar-refractivity contribution in [3.05, 3.63) is 78.2 Å². The van der Waals surface area contributed by atoms with Crippen LogP contribution in [0.5, 0.6) is 0 Å². The van der Waals surface area contributed by atoms with Crippen LogP contribution in [-0.2, 0) is 22.5 Å². The second-order valence-electron chi connectivity index (χ2n) is 10.5. The average molecular weight is 527 g/mol. The summed E-state index contributed by atoms with van der Waals surface area (Å²) in [5.41, 5.74) is 17.7. The molecule has 0 aliphatic carbocycles. The molecule has 2 aromatic heterocycles. The molecule has 204 valence electrons. The van der Waals surface area contributed by atoms with Crippen LogP contribution in [0.4, 0.5) is 5.95 Å². The topological polar surface area (TPSA) is 112 Å². The first-order chi connectivity index (χ1) is 19.0. The lowest BCUT2D eigenvalue weighted by molar-refractivity contribution is -0.132. The number of carbonyl (C=O) groups excluding carboxylic acids is 1. The molecule has 4 N–H and O–H groups in total. The number of amides is 1. The van der Waals surface area contributed by atoms with E-state index in [1.165, 1.54) is 16.6 Å². The predicted molar refractivity (Wildman–Crippen MR) is 155 cm³/mol. The van der Waals surface area contributed by atoms with Gasteiger partial charge in [0.25, 0.3) is 0 Å². The third-order valence-electron chi connectivity index (χ3n) is 7.66. The Kier molecular flexibility index (Phi) is 8.54. The van der Waals surface area contributed by atoms with Gasteiger partial charge < -0.3 is 25.7 Å². The van der Waals surface area contributed by atoms with Crippen LogP contribution in [0.3, 0.4) is 0 Å². The number of ether oxygens (including phenoxy) is 1. The van der Waals surface area contributed by atoms with E-state index in [-0.39, 0.29) is 17.9 Å². The molecule has 1 saturated heterocycles. The lowest BCUT2D eigenvalue weighted by atomic mass is 9.93. The molecule has 39 heavy (non-hydrogen) atoms. The highest BCUT2D eigenvalue weighted by atomic mass is 16.5. The third-order valence-corrected chi connectivity index (χ3v) is 7.66. The summed E-state index contributed by atoms with van der Waals surface area (Å²) in [4.78, 5) is 23.4. The number of hydrogen-bond donors (Lipinski definition) is 2. The molecule has 2 aromatic carbocycles. The van der Waals surface area contributed by atoms with Crippen molar-refractivity contribution in [1.29, 1.82) is 0 Å². The summed E-state index contributed by atoms with van der Waals surface area (Å²) in [5.74, 6) is 0.721. The van der Waals surface area contributed by atoms with E-state index in [2.05, 4.69) is 57.0 Å². The Labute approximate surface area is 230 Å². The van der Waals surface area contributed by atoms with E-state index >= 15 is 0 Å². The van der Waals surface area contributed by atoms with Gasteiger partial charge in [0, 0.05) is 80.9 Å². The van der Waals surface area contributed by atoms with Crippen molar-refractivity contribution in [1.82, 2.24) is 19.4 Å². The zero-order valence-corrected chi connectivity index (χ0v) is 22.6. The summed E-state index contributed by atoms with van der Waals surface area (Å²) in [6.07, 6.45) is 7.47. The number of nitrogens with two attached hydrogens (primary N) is 2. The fourth-order valence-electron chi connectivity index (χ4n) is 5.68. The number of para-hydroxylation sites is 1. The molecule has 1 amide bonds. The van der Waals surface area contributed by atoms with Crippen LogP contribution < -0.4 is 11.5 Å². The number of nitrogen functional groups attached to an aromatic ring is 1. The quantitative estimate of drug-likeness (QED) is 0.297. The van der Waals surface area contributed by atoms with Crippen LogP contribution in [0, 0.1) is 0 Å². The average Bonchev–Trinajstić information content (AvgIpc) is 3.33. The normalized spacial score (nSPS) is 16.5. The van der Waals surface area contributed by atoms with Crippen molar-refractivity contribution in [3.63, 3.8) is 0 Å². The molecule has 0 radical (unpaired) electrons. The number of aryl methyl sites for hydroxylation is 1. The first-order valence-electron chi connectivity index (χ1n) is 13.8. The van der Waals surface area contributed by atoms with Crippen LogP contribution in [0.15, 0.2) is 67.0 Å². The van der Waals surface area contributed by atoms with Crippen molar-refractivity contribution >= 4 is 22.8 Å². The van der Waals surface area contributed by atoms with Gasteiger partial charge in [0.15, 0.2) is 0 Å². The standard InChI is InChI=1S/C31H38N6O2/c1-39-15-5-14-37-28-8-3-2-6-24(28)17-29(37)25-7-4-13-36(21-25)30(38)18-27(32)16-22-9-11-23(12-10-22)26-19-34-31(33)35-20-26/h2-3,6,8-12,17,19-20,25,27H,4-5,7,13-16,18,21,32H2,1H3,(H2,33,34,35)/t25?,27-/m1/s1. The summed E-state index contributed by atoms with van der Waals surface area (Å²) >= 11 is 0. The SMILES string of the molecule is COCCCn1c(C2CCCN(C(=O)C[C@H](N)Cc3ccc(-c4cnc(N)nc4)cc3)C2)cc2ccccc21. The number of anilines is 1. The van der Waals surface area contributed by atoms with Crippen molar-refractivity contribution in [2.24, 2.45) is 5.73 Å². The molecule has 0 bridgehead atoms. The van der Waals surface area contributed by atoms with Gasteiger partial charge >= 0.3 is 0 Å². The zero-order valence-electron chi connectivity index (χ0n) is 22.6. The van der Waals surface area contributed by atoms with Crippen molar-refractivity contribution < 1.29 is 9.53 Å². The van der Waals surface area contributed by atoms with Gasteiger partial charge in [0.1, 0.15) is 0 Å². The van der Waals surface area contributed by atoms with Gasteiger partial charge in [-0.05, 0) is 54.3 Å². The Morgan fingerprint density at radius 2 is 1.87 bits per heavy atom. The van der Waals surface area contributed by atoms with Crippen LogP contribution in [0.25, 0.3) is 22.0 Å². The Morgan fingerprint density at radius 3 is 2.64 bits per heavy atom. The molecule has 0 spiro atoms. The van der Waals surface area contributed by atoms with E-state index in [1.807, 2.05) is 17.0 Å². The highest BCUT2D eigenvalue weighted by molar-refractivity contribution is 5.82. The lowest BCUT2D eigenvalue weighted by Crippen LogP contribution is -2.42. The van der Waals surface area contributed by atoms with E-state index in [0.29, 0.717) is 18.8 Å². The Morgan fingerprint density at radius 1 is 1.10 bits per heavy atom. The van der Waals surface area contributed by atoms with Crippen molar-refractivity contribution in [3.8, 4) is 11.1 Å². The molecule has 2 atom stereocenters. The monoisotopic (exact) mass is 526 g/mol. The molecule has 0 saturated carbocycles. The van der Waals surface area contributed by atoms with E-state index in [4.69, 9.17) is 16.2 Å². The van der Waals surface area contributed by atoms with Gasteiger partial charge in [-0.25, -0.2) is 9.97 Å². The van der Waals surface area contributed by atoms with Gasteiger partial charge in [-0.1, -0.05) is 42.5 Å². The number of hydrogen-bond acceptors (Lipinski definition) is 6. The van der Waals surface area contributed by atoms with Gasteiger partial charge in [-0.2, -0.15) is 0 Å². The first kappa shape index (κ1) is 26.8. The van der Waals surface area contributed by atoms with Gasteiger partial charge in [0.05, 0.1) is 0 Å². The van der Waals surface area contributed by atoms with Gasteiger partial charge in [-0.3, -0.25) is 4.79 Å². The largest absolute Gasteiger partial charge is 0.385 e. The second-order valence-corrected chi connectivity index (χ2v) is 10.5. The number of rotatable bonds is 10. The Hall–Kier alpha value is -3.75. The van der Waals surface area contributed by atoms with Gasteiger partial charge in [0.2, 0.25) is 11.9 Å². The first-order valence-corrected chi connectivity index (χ1v) is 13.8. The number of methoxy groups -OCH3 is 1. The summed E-state index contributed by atoms with van der Waals surface area (Å²) in [5, 5.41) is 1.25. The second kappa shape index (κ2) is 12.4. The molecular weight excluding hydrogens is 488 g/mol. The number of fused-ring (bicyclic) bond motifs is 1. The minimum Gasteiger partial charge on any atom is -0.385 e. The van der Waals surface area contributed by atoms with Crippen LogP contribution in [0.2, 0.25) is 0 Å². The van der Waals surface area contributed by atoms with E-state index < -0.39 is 0 Å².